The smallest absolute Gasteiger partial charge is 0.0168 e. The van der Waals surface area contributed by atoms with Crippen molar-refractivity contribution in [2.45, 2.75) is 67.2 Å². The molecular formula is C20H36. The Kier molecular flexibility index (Phi) is 7.62. The predicted octanol–water partition coefficient (Wildman–Crippen LogP) is 6.49. The first-order valence-corrected chi connectivity index (χ1v) is 9.27. The number of allylic oxidation sites excluding steroid dienone is 4. The first-order chi connectivity index (χ1) is 9.95. The van der Waals surface area contributed by atoms with Crippen molar-refractivity contribution in [1.82, 2.24) is 0 Å². The highest BCUT2D eigenvalue weighted by Crippen LogP contribution is 2.63. The number of rotatable bonds is 0. The third-order valence-corrected chi connectivity index (χ3v) is 5.48. The van der Waals surface area contributed by atoms with Gasteiger partial charge in [0.2, 0.25) is 0 Å². The highest BCUT2D eigenvalue weighted by molar-refractivity contribution is 5.18. The zero-order valence-electron chi connectivity index (χ0n) is 14.6. The maximum atomic E-state index is 2.55. The van der Waals surface area contributed by atoms with Gasteiger partial charge in [0.25, 0.3) is 0 Å². The Hall–Kier alpha value is -0.520. The predicted molar refractivity (Wildman–Crippen MR) is 91.7 cm³/mol. The van der Waals surface area contributed by atoms with Gasteiger partial charge in [0, 0.05) is 0 Å². The molecule has 0 heterocycles. The number of hydrogen-bond acceptors (Lipinski definition) is 0. The standard InChI is InChI=1S/C14H18.3C2H6/c1-2-5-10-9(4-1)13-8-14(10)12-7-3-6-11(12)13;3*1-2/h1-3,6,9-14H,4-5,7-8H2;3*1-2H3. The summed E-state index contributed by atoms with van der Waals surface area (Å²) in [6.07, 6.45) is 15.6. The average molecular weight is 277 g/mol. The monoisotopic (exact) mass is 276 g/mol. The summed E-state index contributed by atoms with van der Waals surface area (Å²) in [5, 5.41) is 0. The molecule has 0 aromatic rings. The Morgan fingerprint density at radius 3 is 1.65 bits per heavy atom. The Morgan fingerprint density at radius 1 is 0.550 bits per heavy atom. The molecule has 6 unspecified atom stereocenters. The van der Waals surface area contributed by atoms with Crippen molar-refractivity contribution in [3.05, 3.63) is 24.3 Å². The van der Waals surface area contributed by atoms with E-state index in [0.29, 0.717) is 0 Å². The van der Waals surface area contributed by atoms with Crippen LogP contribution in [-0.2, 0) is 0 Å². The lowest BCUT2D eigenvalue weighted by atomic mass is 9.66. The van der Waals surface area contributed by atoms with Gasteiger partial charge in [0.15, 0.2) is 0 Å². The summed E-state index contributed by atoms with van der Waals surface area (Å²) in [5.41, 5.74) is 0. The van der Waals surface area contributed by atoms with Gasteiger partial charge in [-0.1, -0.05) is 65.8 Å². The van der Waals surface area contributed by atoms with Gasteiger partial charge in [-0.05, 0) is 61.2 Å². The van der Waals surface area contributed by atoms with Gasteiger partial charge in [-0.25, -0.2) is 0 Å². The van der Waals surface area contributed by atoms with Crippen molar-refractivity contribution < 1.29 is 0 Å². The van der Waals surface area contributed by atoms with E-state index in [1.807, 2.05) is 41.5 Å². The Bertz CT molecular complexity index is 312. The molecule has 6 atom stereocenters. The van der Waals surface area contributed by atoms with Crippen LogP contribution in [-0.4, -0.2) is 0 Å². The average Bonchev–Trinajstić information content (AvgIpc) is 3.25. The molecule has 0 nitrogen and oxygen atoms in total. The van der Waals surface area contributed by atoms with Crippen LogP contribution < -0.4 is 0 Å². The summed E-state index contributed by atoms with van der Waals surface area (Å²) in [7, 11) is 0. The molecule has 0 saturated heterocycles. The van der Waals surface area contributed by atoms with E-state index in [9.17, 15) is 0 Å². The molecule has 0 aromatic heterocycles. The van der Waals surface area contributed by atoms with Gasteiger partial charge in [-0.3, -0.25) is 0 Å². The maximum Gasteiger partial charge on any atom is -0.0168 e. The van der Waals surface area contributed by atoms with Gasteiger partial charge in [-0.2, -0.15) is 0 Å². The van der Waals surface area contributed by atoms with Crippen LogP contribution in [0.1, 0.15) is 67.2 Å². The Labute approximate surface area is 127 Å². The first-order valence-electron chi connectivity index (χ1n) is 9.27. The van der Waals surface area contributed by atoms with Crippen LogP contribution in [0.4, 0.5) is 0 Å². The molecule has 4 aliphatic rings. The molecule has 4 rings (SSSR count). The second-order valence-corrected chi connectivity index (χ2v) is 5.74. The molecular weight excluding hydrogens is 240 g/mol. The minimum atomic E-state index is 0.993. The van der Waals surface area contributed by atoms with Crippen LogP contribution in [0.5, 0.6) is 0 Å². The molecule has 2 saturated carbocycles. The van der Waals surface area contributed by atoms with E-state index in [1.165, 1.54) is 19.3 Å². The van der Waals surface area contributed by atoms with Gasteiger partial charge in [0.05, 0.1) is 0 Å². The number of fused-ring (bicyclic) bond motifs is 8. The third-order valence-electron chi connectivity index (χ3n) is 5.48. The molecule has 0 radical (unpaired) electrons. The molecule has 2 fully saturated rings. The van der Waals surface area contributed by atoms with Crippen LogP contribution >= 0.6 is 0 Å². The fraction of sp³-hybridized carbons (Fsp3) is 0.800. The minimum Gasteiger partial charge on any atom is -0.0882 e. The van der Waals surface area contributed by atoms with Crippen LogP contribution in [0.25, 0.3) is 0 Å². The molecule has 20 heavy (non-hydrogen) atoms. The van der Waals surface area contributed by atoms with Crippen LogP contribution in [0.15, 0.2) is 24.3 Å². The van der Waals surface area contributed by atoms with Gasteiger partial charge in [-0.15, -0.1) is 0 Å². The lowest BCUT2D eigenvalue weighted by Gasteiger charge is -2.39. The van der Waals surface area contributed by atoms with E-state index < -0.39 is 0 Å². The summed E-state index contributed by atoms with van der Waals surface area (Å²) in [5.74, 6) is 6.36. The quantitative estimate of drug-likeness (QED) is 0.444. The molecule has 116 valence electrons. The van der Waals surface area contributed by atoms with E-state index >= 15 is 0 Å². The van der Waals surface area contributed by atoms with E-state index in [-0.39, 0.29) is 0 Å². The highest BCUT2D eigenvalue weighted by atomic mass is 14.6. The topological polar surface area (TPSA) is 0 Å². The second kappa shape index (κ2) is 8.70. The number of hydrogen-bond donors (Lipinski definition) is 0. The Morgan fingerprint density at radius 2 is 1.05 bits per heavy atom. The van der Waals surface area contributed by atoms with Gasteiger partial charge >= 0.3 is 0 Å². The fourth-order valence-corrected chi connectivity index (χ4v) is 5.05. The lowest BCUT2D eigenvalue weighted by molar-refractivity contribution is 0.128. The van der Waals surface area contributed by atoms with Crippen LogP contribution in [0.3, 0.4) is 0 Å². The second-order valence-electron chi connectivity index (χ2n) is 5.74. The zero-order chi connectivity index (χ0) is 15.1. The van der Waals surface area contributed by atoms with Crippen LogP contribution in [0.2, 0.25) is 0 Å². The molecule has 0 spiro atoms. The first kappa shape index (κ1) is 17.5. The van der Waals surface area contributed by atoms with Gasteiger partial charge < -0.3 is 0 Å². The minimum absolute atomic E-state index is 0.993. The SMILES string of the molecule is C1=CC2C3CC(C2C1)C1CC=CCC31.CC.CC.CC. The van der Waals surface area contributed by atoms with E-state index in [0.717, 1.165) is 35.5 Å². The summed E-state index contributed by atoms with van der Waals surface area (Å²) in [6, 6.07) is 0. The lowest BCUT2D eigenvalue weighted by Crippen LogP contribution is -2.33. The van der Waals surface area contributed by atoms with Crippen molar-refractivity contribution in [2.24, 2.45) is 35.5 Å². The summed E-state index contributed by atoms with van der Waals surface area (Å²) >= 11 is 0. The van der Waals surface area contributed by atoms with Gasteiger partial charge in [0.1, 0.15) is 0 Å². The molecule has 0 aromatic carbocycles. The summed E-state index contributed by atoms with van der Waals surface area (Å²) in [6.45, 7) is 12.0. The maximum absolute atomic E-state index is 2.55. The molecule has 0 N–H and O–H groups in total. The zero-order valence-corrected chi connectivity index (χ0v) is 14.6. The fourth-order valence-electron chi connectivity index (χ4n) is 5.05. The van der Waals surface area contributed by atoms with Crippen molar-refractivity contribution in [1.29, 1.82) is 0 Å². The molecule has 4 aliphatic carbocycles. The van der Waals surface area contributed by atoms with Crippen molar-refractivity contribution in [3.63, 3.8) is 0 Å². The third kappa shape index (κ3) is 2.90. The highest BCUT2D eigenvalue weighted by Gasteiger charge is 2.56. The van der Waals surface area contributed by atoms with E-state index in [2.05, 4.69) is 24.3 Å². The summed E-state index contributed by atoms with van der Waals surface area (Å²) in [4.78, 5) is 0. The molecule has 0 amide bonds. The van der Waals surface area contributed by atoms with E-state index in [4.69, 9.17) is 0 Å². The Balaban J connectivity index is 0.000000300. The molecule has 0 aliphatic heterocycles. The van der Waals surface area contributed by atoms with Crippen molar-refractivity contribution in [2.75, 3.05) is 0 Å². The summed E-state index contributed by atoms with van der Waals surface area (Å²) < 4.78 is 0. The normalized spacial score (nSPS) is 41.3. The van der Waals surface area contributed by atoms with Crippen LogP contribution in [0, 0.1) is 35.5 Å². The van der Waals surface area contributed by atoms with Crippen molar-refractivity contribution >= 4 is 0 Å². The molecule has 2 bridgehead atoms. The van der Waals surface area contributed by atoms with E-state index in [1.54, 1.807) is 6.42 Å². The molecule has 0 heteroatoms. The van der Waals surface area contributed by atoms with Crippen molar-refractivity contribution in [3.8, 4) is 0 Å². The largest absolute Gasteiger partial charge is 0.0882 e.